The van der Waals surface area contributed by atoms with E-state index in [1.807, 2.05) is 30.3 Å². The summed E-state index contributed by atoms with van der Waals surface area (Å²) < 4.78 is 13.0. The number of aryl methyl sites for hydroxylation is 1. The Morgan fingerprint density at radius 2 is 1.76 bits per heavy atom. The highest BCUT2D eigenvalue weighted by Crippen LogP contribution is 2.26. The van der Waals surface area contributed by atoms with E-state index in [1.165, 1.54) is 12.1 Å². The number of hydrogen-bond donors (Lipinski definition) is 1. The summed E-state index contributed by atoms with van der Waals surface area (Å²) in [4.78, 5) is 17.2. The van der Waals surface area contributed by atoms with E-state index < -0.39 is 0 Å². The summed E-state index contributed by atoms with van der Waals surface area (Å²) in [6, 6.07) is 17.5. The van der Waals surface area contributed by atoms with Crippen molar-refractivity contribution in [3.05, 3.63) is 71.8 Å². The molecule has 0 bridgehead atoms. The zero-order valence-corrected chi connectivity index (χ0v) is 16.6. The predicted octanol–water partition coefficient (Wildman–Crippen LogP) is 3.45. The number of amides is 1. The van der Waals surface area contributed by atoms with Gasteiger partial charge in [-0.15, -0.1) is 0 Å². The number of benzene rings is 2. The Bertz CT molecular complexity index is 982. The van der Waals surface area contributed by atoms with Gasteiger partial charge in [0.25, 0.3) is 5.91 Å². The number of nitrogens with one attached hydrogen (secondary N) is 1. The van der Waals surface area contributed by atoms with Crippen LogP contribution in [-0.2, 0) is 24.2 Å². The Morgan fingerprint density at radius 1 is 1.03 bits per heavy atom. The predicted molar refractivity (Wildman–Crippen MR) is 111 cm³/mol. The van der Waals surface area contributed by atoms with Crippen LogP contribution in [0.1, 0.15) is 30.1 Å². The number of methoxy groups -OCH3 is 1. The Kier molecular flexibility index (Phi) is 5.79. The molecule has 0 radical (unpaired) electrons. The minimum atomic E-state index is -0.198. The molecule has 0 aliphatic heterocycles. The fraction of sp³-hybridized carbons (Fsp3) is 0.304. The maximum Gasteiger partial charge on any atom is 0.258 e. The third-order valence-electron chi connectivity index (χ3n) is 5.09. The van der Waals surface area contributed by atoms with Crippen LogP contribution in [-0.4, -0.2) is 29.2 Å². The molecular weight excluding hydrogens is 366 g/mol. The molecule has 2 aromatic carbocycles. The monoisotopic (exact) mass is 391 g/mol. The summed E-state index contributed by atoms with van der Waals surface area (Å²) in [6.45, 7) is 0.280. The number of para-hydroxylation sites is 3. The van der Waals surface area contributed by atoms with Crippen LogP contribution < -0.4 is 14.8 Å². The second kappa shape index (κ2) is 8.82. The molecule has 1 heterocycles. The maximum absolute atomic E-state index is 12.4. The SMILES string of the molecule is COc1ccccc1OCC(=O)NCc1nc2c(n1-c1ccccc1)CCCC2. The van der Waals surface area contributed by atoms with Crippen molar-refractivity contribution < 1.29 is 14.3 Å². The fourth-order valence-corrected chi connectivity index (χ4v) is 3.71. The van der Waals surface area contributed by atoms with Gasteiger partial charge in [-0.25, -0.2) is 4.98 Å². The van der Waals surface area contributed by atoms with Crippen molar-refractivity contribution in [3.8, 4) is 17.2 Å². The first-order chi connectivity index (χ1) is 14.3. The van der Waals surface area contributed by atoms with Crippen LogP contribution in [0, 0.1) is 0 Å². The number of aromatic nitrogens is 2. The van der Waals surface area contributed by atoms with E-state index in [0.29, 0.717) is 18.0 Å². The molecule has 1 aliphatic rings. The number of carbonyl (C=O) groups is 1. The van der Waals surface area contributed by atoms with Crippen LogP contribution in [0.4, 0.5) is 0 Å². The molecule has 1 amide bonds. The molecule has 0 saturated carbocycles. The lowest BCUT2D eigenvalue weighted by molar-refractivity contribution is -0.123. The number of ether oxygens (including phenoxy) is 2. The summed E-state index contributed by atoms with van der Waals surface area (Å²) in [5.41, 5.74) is 3.49. The van der Waals surface area contributed by atoms with E-state index in [0.717, 1.165) is 36.5 Å². The largest absolute Gasteiger partial charge is 0.493 e. The Balaban J connectivity index is 1.45. The highest BCUT2D eigenvalue weighted by atomic mass is 16.5. The summed E-state index contributed by atoms with van der Waals surface area (Å²) in [6.07, 6.45) is 4.34. The number of nitrogens with zero attached hydrogens (tertiary/aromatic N) is 2. The van der Waals surface area contributed by atoms with Crippen molar-refractivity contribution in [2.75, 3.05) is 13.7 Å². The van der Waals surface area contributed by atoms with Gasteiger partial charge >= 0.3 is 0 Å². The minimum Gasteiger partial charge on any atom is -0.493 e. The molecule has 1 N–H and O–H groups in total. The molecule has 1 aromatic heterocycles. The topological polar surface area (TPSA) is 65.4 Å². The molecule has 150 valence electrons. The summed E-state index contributed by atoms with van der Waals surface area (Å²) in [7, 11) is 1.58. The highest BCUT2D eigenvalue weighted by molar-refractivity contribution is 5.77. The van der Waals surface area contributed by atoms with Gasteiger partial charge in [-0.2, -0.15) is 0 Å². The third kappa shape index (κ3) is 4.26. The molecular formula is C23H25N3O3. The van der Waals surface area contributed by atoms with Crippen molar-refractivity contribution in [1.29, 1.82) is 0 Å². The summed E-state index contributed by atoms with van der Waals surface area (Å²) >= 11 is 0. The second-order valence-corrected chi connectivity index (χ2v) is 7.02. The quantitative estimate of drug-likeness (QED) is 0.670. The van der Waals surface area contributed by atoms with Gasteiger partial charge in [0, 0.05) is 11.4 Å². The number of rotatable bonds is 7. The van der Waals surface area contributed by atoms with E-state index in [2.05, 4.69) is 22.0 Å². The Hall–Kier alpha value is -3.28. The van der Waals surface area contributed by atoms with E-state index in [9.17, 15) is 4.79 Å². The van der Waals surface area contributed by atoms with Crippen LogP contribution in [0.2, 0.25) is 0 Å². The molecule has 0 saturated heterocycles. The highest BCUT2D eigenvalue weighted by Gasteiger charge is 2.21. The maximum atomic E-state index is 12.4. The molecule has 1 aliphatic carbocycles. The molecule has 0 spiro atoms. The van der Waals surface area contributed by atoms with E-state index >= 15 is 0 Å². The Morgan fingerprint density at radius 3 is 2.55 bits per heavy atom. The average Bonchev–Trinajstić information content (AvgIpc) is 3.15. The van der Waals surface area contributed by atoms with Crippen molar-refractivity contribution >= 4 is 5.91 Å². The van der Waals surface area contributed by atoms with E-state index in [4.69, 9.17) is 14.5 Å². The number of carbonyl (C=O) groups excluding carboxylic acids is 1. The van der Waals surface area contributed by atoms with Gasteiger partial charge in [0.05, 0.1) is 19.3 Å². The van der Waals surface area contributed by atoms with Gasteiger partial charge in [0.15, 0.2) is 18.1 Å². The molecule has 6 nitrogen and oxygen atoms in total. The first-order valence-electron chi connectivity index (χ1n) is 9.93. The molecule has 0 fully saturated rings. The lowest BCUT2D eigenvalue weighted by Gasteiger charge is -2.16. The summed E-state index contributed by atoms with van der Waals surface area (Å²) in [5.74, 6) is 1.81. The standard InChI is InChI=1S/C23H25N3O3/c1-28-20-13-7-8-14-21(20)29-16-23(27)24-15-22-25-18-11-5-6-12-19(18)26(22)17-9-3-2-4-10-17/h2-4,7-10,13-14H,5-6,11-12,15-16H2,1H3,(H,24,27). The van der Waals surface area contributed by atoms with Gasteiger partial charge in [-0.05, 0) is 49.9 Å². The fourth-order valence-electron chi connectivity index (χ4n) is 3.71. The first-order valence-corrected chi connectivity index (χ1v) is 9.93. The van der Waals surface area contributed by atoms with Crippen LogP contribution in [0.3, 0.4) is 0 Å². The third-order valence-corrected chi connectivity index (χ3v) is 5.09. The number of hydrogen-bond acceptors (Lipinski definition) is 4. The van der Waals surface area contributed by atoms with E-state index in [1.54, 1.807) is 19.2 Å². The summed E-state index contributed by atoms with van der Waals surface area (Å²) in [5, 5.41) is 2.94. The van der Waals surface area contributed by atoms with Gasteiger partial charge < -0.3 is 14.8 Å². The van der Waals surface area contributed by atoms with E-state index in [-0.39, 0.29) is 12.5 Å². The Labute approximate surface area is 170 Å². The van der Waals surface area contributed by atoms with Crippen LogP contribution in [0.25, 0.3) is 5.69 Å². The van der Waals surface area contributed by atoms with Gasteiger partial charge in [0.1, 0.15) is 5.82 Å². The second-order valence-electron chi connectivity index (χ2n) is 7.02. The van der Waals surface area contributed by atoms with Crippen molar-refractivity contribution in [3.63, 3.8) is 0 Å². The zero-order valence-electron chi connectivity index (χ0n) is 16.6. The average molecular weight is 391 g/mol. The van der Waals surface area contributed by atoms with Gasteiger partial charge in [-0.3, -0.25) is 9.36 Å². The van der Waals surface area contributed by atoms with Crippen LogP contribution in [0.15, 0.2) is 54.6 Å². The molecule has 4 rings (SSSR count). The minimum absolute atomic E-state index is 0.0772. The van der Waals surface area contributed by atoms with Gasteiger partial charge in [-0.1, -0.05) is 30.3 Å². The number of fused-ring (bicyclic) bond motifs is 1. The zero-order chi connectivity index (χ0) is 20.1. The normalized spacial score (nSPS) is 12.9. The van der Waals surface area contributed by atoms with Crippen LogP contribution in [0.5, 0.6) is 11.5 Å². The molecule has 0 atom stereocenters. The lowest BCUT2D eigenvalue weighted by Crippen LogP contribution is -2.29. The molecule has 0 unspecified atom stereocenters. The van der Waals surface area contributed by atoms with Crippen molar-refractivity contribution in [1.82, 2.24) is 14.9 Å². The molecule has 6 heteroatoms. The smallest absolute Gasteiger partial charge is 0.258 e. The first kappa shape index (κ1) is 19.1. The van der Waals surface area contributed by atoms with Crippen LogP contribution >= 0.6 is 0 Å². The number of imidazole rings is 1. The molecule has 29 heavy (non-hydrogen) atoms. The van der Waals surface area contributed by atoms with Crippen molar-refractivity contribution in [2.45, 2.75) is 32.2 Å². The molecule has 3 aromatic rings. The van der Waals surface area contributed by atoms with Crippen molar-refractivity contribution in [2.24, 2.45) is 0 Å². The lowest BCUT2D eigenvalue weighted by atomic mass is 10.0. The van der Waals surface area contributed by atoms with Gasteiger partial charge in [0.2, 0.25) is 0 Å².